The summed E-state index contributed by atoms with van der Waals surface area (Å²) in [6.07, 6.45) is 0. The SMILES string of the molecule is CC(=O)N[C@@H](CSCCN)C(=O)O. The molecule has 0 aromatic carbocycles. The fraction of sp³-hybridized carbons (Fsp3) is 0.714. The molecule has 0 saturated heterocycles. The van der Waals surface area contributed by atoms with E-state index in [0.717, 1.165) is 0 Å². The van der Waals surface area contributed by atoms with Crippen LogP contribution >= 0.6 is 11.8 Å². The van der Waals surface area contributed by atoms with Crippen molar-refractivity contribution in [2.75, 3.05) is 18.1 Å². The molecule has 76 valence electrons. The van der Waals surface area contributed by atoms with E-state index in [-0.39, 0.29) is 5.91 Å². The van der Waals surface area contributed by atoms with Crippen LogP contribution in [-0.4, -0.2) is 41.1 Å². The monoisotopic (exact) mass is 206 g/mol. The molecule has 5 nitrogen and oxygen atoms in total. The number of thioether (sulfide) groups is 1. The number of carbonyl (C=O) groups is 2. The number of rotatable bonds is 6. The normalized spacial score (nSPS) is 12.2. The molecule has 0 rings (SSSR count). The van der Waals surface area contributed by atoms with Crippen molar-refractivity contribution in [1.29, 1.82) is 0 Å². The van der Waals surface area contributed by atoms with Crippen LogP contribution in [0.2, 0.25) is 0 Å². The maximum Gasteiger partial charge on any atom is 0.327 e. The fourth-order valence-corrected chi connectivity index (χ4v) is 1.50. The van der Waals surface area contributed by atoms with Crippen molar-refractivity contribution in [3.63, 3.8) is 0 Å². The summed E-state index contributed by atoms with van der Waals surface area (Å²) in [4.78, 5) is 21.2. The van der Waals surface area contributed by atoms with E-state index in [1.54, 1.807) is 0 Å². The second kappa shape index (κ2) is 6.73. The van der Waals surface area contributed by atoms with E-state index in [1.165, 1.54) is 18.7 Å². The Balaban J connectivity index is 3.81. The molecule has 0 aromatic heterocycles. The van der Waals surface area contributed by atoms with Gasteiger partial charge in [0.15, 0.2) is 0 Å². The van der Waals surface area contributed by atoms with Crippen molar-refractivity contribution in [1.82, 2.24) is 5.32 Å². The Morgan fingerprint density at radius 2 is 2.23 bits per heavy atom. The zero-order valence-corrected chi connectivity index (χ0v) is 8.26. The molecular weight excluding hydrogens is 192 g/mol. The van der Waals surface area contributed by atoms with E-state index in [1.807, 2.05) is 0 Å². The second-order valence-corrected chi connectivity index (χ2v) is 3.60. The Morgan fingerprint density at radius 3 is 2.62 bits per heavy atom. The van der Waals surface area contributed by atoms with Gasteiger partial charge in [-0.15, -0.1) is 0 Å². The summed E-state index contributed by atoms with van der Waals surface area (Å²) < 4.78 is 0. The largest absolute Gasteiger partial charge is 0.480 e. The first-order chi connectivity index (χ1) is 6.07. The molecule has 13 heavy (non-hydrogen) atoms. The maximum atomic E-state index is 10.6. The Kier molecular flexibility index (Phi) is 6.34. The van der Waals surface area contributed by atoms with Gasteiger partial charge in [-0.3, -0.25) is 4.79 Å². The number of amides is 1. The molecule has 0 bridgehead atoms. The van der Waals surface area contributed by atoms with Crippen LogP contribution in [0.3, 0.4) is 0 Å². The van der Waals surface area contributed by atoms with Crippen molar-refractivity contribution >= 4 is 23.6 Å². The summed E-state index contributed by atoms with van der Waals surface area (Å²) in [7, 11) is 0. The van der Waals surface area contributed by atoms with Crippen LogP contribution in [0.25, 0.3) is 0 Å². The standard InChI is InChI=1S/C7H14N2O3S/c1-5(10)9-6(7(11)12)4-13-3-2-8/h6H,2-4,8H2,1H3,(H,9,10)(H,11,12)/t6-/m0/s1. The lowest BCUT2D eigenvalue weighted by atomic mass is 10.3. The third kappa shape index (κ3) is 6.41. The van der Waals surface area contributed by atoms with Crippen LogP contribution in [0.5, 0.6) is 0 Å². The zero-order valence-electron chi connectivity index (χ0n) is 7.45. The maximum absolute atomic E-state index is 10.6. The van der Waals surface area contributed by atoms with Crippen LogP contribution in [0, 0.1) is 0 Å². The summed E-state index contributed by atoms with van der Waals surface area (Å²) in [5.74, 6) is -0.296. The van der Waals surface area contributed by atoms with Crippen LogP contribution in [0.15, 0.2) is 0 Å². The van der Waals surface area contributed by atoms with Crippen LogP contribution in [-0.2, 0) is 9.59 Å². The number of carboxylic acid groups (broad SMARTS) is 1. The molecule has 4 N–H and O–H groups in total. The van der Waals surface area contributed by atoms with Crippen molar-refractivity contribution in [3.05, 3.63) is 0 Å². The molecule has 0 heterocycles. The predicted octanol–water partition coefficient (Wildman–Crippen LogP) is -0.732. The lowest BCUT2D eigenvalue weighted by molar-refractivity contribution is -0.140. The molecule has 0 radical (unpaired) electrons. The number of carbonyl (C=O) groups excluding carboxylic acids is 1. The van der Waals surface area contributed by atoms with Gasteiger partial charge in [-0.05, 0) is 0 Å². The lowest BCUT2D eigenvalue weighted by Gasteiger charge is -2.11. The second-order valence-electron chi connectivity index (χ2n) is 2.45. The van der Waals surface area contributed by atoms with Crippen LogP contribution < -0.4 is 11.1 Å². The number of aliphatic carboxylic acids is 1. The van der Waals surface area contributed by atoms with Gasteiger partial charge >= 0.3 is 5.97 Å². The van der Waals surface area contributed by atoms with Gasteiger partial charge in [0.1, 0.15) is 6.04 Å². The number of nitrogens with one attached hydrogen (secondary N) is 1. The first kappa shape index (κ1) is 12.2. The van der Waals surface area contributed by atoms with E-state index < -0.39 is 12.0 Å². The van der Waals surface area contributed by atoms with Gasteiger partial charge in [-0.1, -0.05) is 0 Å². The van der Waals surface area contributed by atoms with Crippen LogP contribution in [0.4, 0.5) is 0 Å². The molecule has 0 fully saturated rings. The summed E-state index contributed by atoms with van der Waals surface area (Å²) in [5.41, 5.74) is 5.24. The minimum Gasteiger partial charge on any atom is -0.480 e. The van der Waals surface area contributed by atoms with Gasteiger partial charge < -0.3 is 16.2 Å². The van der Waals surface area contributed by atoms with E-state index in [2.05, 4.69) is 5.32 Å². The zero-order chi connectivity index (χ0) is 10.3. The average Bonchev–Trinajstić information content (AvgIpc) is 2.02. The summed E-state index contributed by atoms with van der Waals surface area (Å²) in [6.45, 7) is 1.81. The first-order valence-corrected chi connectivity index (χ1v) is 5.01. The molecule has 0 spiro atoms. The van der Waals surface area contributed by atoms with E-state index in [9.17, 15) is 9.59 Å². The summed E-state index contributed by atoms with van der Waals surface area (Å²) in [5, 5.41) is 11.0. The number of hydrogen-bond donors (Lipinski definition) is 3. The van der Waals surface area contributed by atoms with Gasteiger partial charge in [0.2, 0.25) is 5.91 Å². The number of carboxylic acids is 1. The molecule has 0 unspecified atom stereocenters. The van der Waals surface area contributed by atoms with Gasteiger partial charge in [-0.25, -0.2) is 4.79 Å². The quantitative estimate of drug-likeness (QED) is 0.498. The van der Waals surface area contributed by atoms with Crippen LogP contribution in [0.1, 0.15) is 6.92 Å². The highest BCUT2D eigenvalue weighted by molar-refractivity contribution is 7.99. The van der Waals surface area contributed by atoms with Gasteiger partial charge in [0.25, 0.3) is 0 Å². The Bertz CT molecular complexity index is 187. The molecule has 1 amide bonds. The van der Waals surface area contributed by atoms with E-state index in [0.29, 0.717) is 18.1 Å². The van der Waals surface area contributed by atoms with Crippen molar-refractivity contribution in [3.8, 4) is 0 Å². The molecule has 0 saturated carbocycles. The highest BCUT2D eigenvalue weighted by Gasteiger charge is 2.17. The summed E-state index contributed by atoms with van der Waals surface area (Å²) in [6, 6.07) is -0.811. The molecule has 6 heteroatoms. The number of nitrogens with two attached hydrogens (primary N) is 1. The topological polar surface area (TPSA) is 92.4 Å². The Hall–Kier alpha value is -0.750. The molecule has 0 aromatic rings. The highest BCUT2D eigenvalue weighted by atomic mass is 32.2. The highest BCUT2D eigenvalue weighted by Crippen LogP contribution is 2.01. The molecule has 0 aliphatic carbocycles. The molecule has 0 aliphatic rings. The van der Waals surface area contributed by atoms with Crippen molar-refractivity contribution < 1.29 is 14.7 Å². The third-order valence-corrected chi connectivity index (χ3v) is 2.32. The average molecular weight is 206 g/mol. The molecular formula is C7H14N2O3S. The van der Waals surface area contributed by atoms with E-state index >= 15 is 0 Å². The molecule has 1 atom stereocenters. The predicted molar refractivity (Wildman–Crippen MR) is 51.6 cm³/mol. The third-order valence-electron chi connectivity index (χ3n) is 1.22. The lowest BCUT2D eigenvalue weighted by Crippen LogP contribution is -2.41. The van der Waals surface area contributed by atoms with Crippen molar-refractivity contribution in [2.24, 2.45) is 5.73 Å². The fourth-order valence-electron chi connectivity index (χ4n) is 0.705. The minimum absolute atomic E-state index is 0.333. The van der Waals surface area contributed by atoms with Gasteiger partial charge in [-0.2, -0.15) is 11.8 Å². The minimum atomic E-state index is -1.01. The van der Waals surface area contributed by atoms with Gasteiger partial charge in [0, 0.05) is 25.0 Å². The van der Waals surface area contributed by atoms with E-state index in [4.69, 9.17) is 10.8 Å². The Morgan fingerprint density at radius 1 is 1.62 bits per heavy atom. The summed E-state index contributed by atoms with van der Waals surface area (Å²) >= 11 is 1.41. The van der Waals surface area contributed by atoms with Crippen molar-refractivity contribution in [2.45, 2.75) is 13.0 Å². The smallest absolute Gasteiger partial charge is 0.327 e. The van der Waals surface area contributed by atoms with Gasteiger partial charge in [0.05, 0.1) is 0 Å². The first-order valence-electron chi connectivity index (χ1n) is 3.85. The Labute approximate surface area is 81.1 Å². The number of hydrogen-bond acceptors (Lipinski definition) is 4. The molecule has 0 aliphatic heterocycles.